The summed E-state index contributed by atoms with van der Waals surface area (Å²) >= 11 is 0. The highest BCUT2D eigenvalue weighted by molar-refractivity contribution is 6.06. The van der Waals surface area contributed by atoms with Crippen molar-refractivity contribution in [1.82, 2.24) is 15.3 Å². The molecule has 3 aromatic rings. The van der Waals surface area contributed by atoms with E-state index in [1.54, 1.807) is 13.2 Å². The topological polar surface area (TPSA) is 57.8 Å². The zero-order valence-electron chi connectivity index (χ0n) is 10.7. The fraction of sp³-hybridized carbons (Fsp3) is 0.200. The van der Waals surface area contributed by atoms with Gasteiger partial charge in [0, 0.05) is 47.7 Å². The maximum atomic E-state index is 11.3. The fourth-order valence-corrected chi connectivity index (χ4v) is 2.33. The third-order valence-electron chi connectivity index (χ3n) is 3.38. The van der Waals surface area contributed by atoms with Gasteiger partial charge in [0.1, 0.15) is 0 Å². The molecular weight excluding hydrogens is 238 g/mol. The first kappa shape index (κ1) is 11.7. The molecular formula is C15H15N3O. The summed E-state index contributed by atoms with van der Waals surface area (Å²) in [6, 6.07) is 8.25. The molecule has 2 heterocycles. The quantitative estimate of drug-likeness (QED) is 0.753. The number of nitrogens with one attached hydrogen (secondary N) is 2. The molecule has 0 aliphatic carbocycles. The van der Waals surface area contributed by atoms with E-state index < -0.39 is 0 Å². The zero-order valence-corrected chi connectivity index (χ0v) is 10.7. The van der Waals surface area contributed by atoms with E-state index in [1.807, 2.05) is 12.3 Å². The summed E-state index contributed by atoms with van der Waals surface area (Å²) in [6.45, 7) is 0. The van der Waals surface area contributed by atoms with Crippen LogP contribution in [0.25, 0.3) is 21.8 Å². The minimum Gasteiger partial charge on any atom is -0.359 e. The Hall–Kier alpha value is -2.36. The highest BCUT2D eigenvalue weighted by Gasteiger charge is 2.05. The van der Waals surface area contributed by atoms with Gasteiger partial charge >= 0.3 is 0 Å². The summed E-state index contributed by atoms with van der Waals surface area (Å²) in [5.41, 5.74) is 3.35. The Balaban J connectivity index is 1.97. The summed E-state index contributed by atoms with van der Waals surface area (Å²) in [5, 5.41) is 4.95. The second-order valence-corrected chi connectivity index (χ2v) is 4.60. The molecule has 0 saturated heterocycles. The number of fused-ring (bicyclic) bond motifs is 3. The van der Waals surface area contributed by atoms with Crippen LogP contribution in [0.15, 0.2) is 36.7 Å². The molecule has 0 unspecified atom stereocenters. The maximum absolute atomic E-state index is 11.3. The minimum absolute atomic E-state index is 0.0703. The maximum Gasteiger partial charge on any atom is 0.220 e. The first-order valence-electron chi connectivity index (χ1n) is 6.33. The molecule has 0 aliphatic rings. The average molecular weight is 253 g/mol. The molecule has 2 aromatic heterocycles. The number of aromatic amines is 1. The van der Waals surface area contributed by atoms with E-state index in [4.69, 9.17) is 0 Å². The van der Waals surface area contributed by atoms with E-state index in [-0.39, 0.29) is 5.91 Å². The third-order valence-corrected chi connectivity index (χ3v) is 3.38. The number of benzene rings is 1. The van der Waals surface area contributed by atoms with Crippen LogP contribution in [0.4, 0.5) is 0 Å². The van der Waals surface area contributed by atoms with Gasteiger partial charge in [-0.3, -0.25) is 9.78 Å². The molecule has 3 rings (SSSR count). The molecule has 96 valence electrons. The van der Waals surface area contributed by atoms with Crippen LogP contribution >= 0.6 is 0 Å². The molecule has 0 aliphatic heterocycles. The van der Waals surface area contributed by atoms with E-state index in [2.05, 4.69) is 33.5 Å². The van der Waals surface area contributed by atoms with Gasteiger partial charge in [-0.15, -0.1) is 0 Å². The lowest BCUT2D eigenvalue weighted by Gasteiger charge is -2.01. The van der Waals surface area contributed by atoms with Gasteiger partial charge in [0.05, 0.1) is 0 Å². The largest absolute Gasteiger partial charge is 0.359 e. The molecule has 1 amide bonds. The summed E-state index contributed by atoms with van der Waals surface area (Å²) in [4.78, 5) is 18.8. The number of pyridine rings is 1. The highest BCUT2D eigenvalue weighted by atomic mass is 16.1. The molecule has 0 atom stereocenters. The molecule has 0 saturated carbocycles. The lowest BCUT2D eigenvalue weighted by molar-refractivity contribution is -0.120. The van der Waals surface area contributed by atoms with Gasteiger partial charge in [0.15, 0.2) is 0 Å². The minimum atomic E-state index is 0.0703. The van der Waals surface area contributed by atoms with E-state index >= 15 is 0 Å². The second kappa shape index (κ2) is 4.72. The first-order valence-corrected chi connectivity index (χ1v) is 6.33. The second-order valence-electron chi connectivity index (χ2n) is 4.60. The summed E-state index contributed by atoms with van der Waals surface area (Å²) in [5.74, 6) is 0.0703. The van der Waals surface area contributed by atoms with E-state index in [9.17, 15) is 4.79 Å². The number of H-pyrrole nitrogens is 1. The van der Waals surface area contributed by atoms with Crippen LogP contribution in [0.1, 0.15) is 12.0 Å². The van der Waals surface area contributed by atoms with Gasteiger partial charge in [-0.2, -0.15) is 0 Å². The van der Waals surface area contributed by atoms with Crippen molar-refractivity contribution >= 4 is 27.7 Å². The number of carbonyl (C=O) groups is 1. The van der Waals surface area contributed by atoms with E-state index in [0.717, 1.165) is 28.4 Å². The van der Waals surface area contributed by atoms with Crippen LogP contribution in [-0.2, 0) is 11.2 Å². The van der Waals surface area contributed by atoms with Crippen LogP contribution in [0.5, 0.6) is 0 Å². The zero-order chi connectivity index (χ0) is 13.2. The lowest BCUT2D eigenvalue weighted by atomic mass is 10.1. The summed E-state index contributed by atoms with van der Waals surface area (Å²) < 4.78 is 0. The van der Waals surface area contributed by atoms with Crippen molar-refractivity contribution < 1.29 is 4.79 Å². The van der Waals surface area contributed by atoms with Crippen molar-refractivity contribution in [3.05, 3.63) is 42.2 Å². The van der Waals surface area contributed by atoms with Crippen LogP contribution in [0.3, 0.4) is 0 Å². The molecule has 1 aromatic carbocycles. The third kappa shape index (κ3) is 2.17. The Labute approximate surface area is 110 Å². The monoisotopic (exact) mass is 253 g/mol. The molecule has 0 radical (unpaired) electrons. The fourth-order valence-electron chi connectivity index (χ4n) is 2.33. The highest BCUT2D eigenvalue weighted by Crippen LogP contribution is 2.25. The summed E-state index contributed by atoms with van der Waals surface area (Å²) in [6.07, 6.45) is 4.93. The van der Waals surface area contributed by atoms with Crippen LogP contribution in [0.2, 0.25) is 0 Å². The van der Waals surface area contributed by atoms with Crippen molar-refractivity contribution in [1.29, 1.82) is 0 Å². The number of carbonyl (C=O) groups excluding carboxylic acids is 1. The SMILES string of the molecule is CNC(=O)CCc1ccc2c(c1)[nH]c1ccncc12. The molecule has 19 heavy (non-hydrogen) atoms. The standard InChI is InChI=1S/C15H15N3O/c1-16-15(19)5-3-10-2-4-11-12-9-17-7-6-13(12)18-14(11)8-10/h2,4,6-9,18H,3,5H2,1H3,(H,16,19). The van der Waals surface area contributed by atoms with Crippen LogP contribution in [-0.4, -0.2) is 22.9 Å². The van der Waals surface area contributed by atoms with E-state index in [1.165, 1.54) is 5.39 Å². The Morgan fingerprint density at radius 2 is 2.16 bits per heavy atom. The molecule has 0 bridgehead atoms. The van der Waals surface area contributed by atoms with Crippen LogP contribution in [0, 0.1) is 0 Å². The van der Waals surface area contributed by atoms with E-state index in [0.29, 0.717) is 6.42 Å². The Morgan fingerprint density at radius 3 is 3.00 bits per heavy atom. The molecule has 0 spiro atoms. The Bertz CT molecular complexity index is 745. The van der Waals surface area contributed by atoms with Gasteiger partial charge < -0.3 is 10.3 Å². The van der Waals surface area contributed by atoms with Crippen molar-refractivity contribution in [3.8, 4) is 0 Å². The number of hydrogen-bond acceptors (Lipinski definition) is 2. The number of aromatic nitrogens is 2. The van der Waals surface area contributed by atoms with Gasteiger partial charge in [-0.25, -0.2) is 0 Å². The normalized spacial score (nSPS) is 11.0. The Morgan fingerprint density at radius 1 is 1.26 bits per heavy atom. The van der Waals surface area contributed by atoms with Gasteiger partial charge in [-0.1, -0.05) is 12.1 Å². The van der Waals surface area contributed by atoms with Crippen molar-refractivity contribution in [2.24, 2.45) is 0 Å². The molecule has 2 N–H and O–H groups in total. The van der Waals surface area contributed by atoms with Gasteiger partial charge in [-0.05, 0) is 24.1 Å². The predicted molar refractivity (Wildman–Crippen MR) is 76.0 cm³/mol. The average Bonchev–Trinajstić information content (AvgIpc) is 2.82. The first-order chi connectivity index (χ1) is 9.28. The number of aryl methyl sites for hydroxylation is 1. The molecule has 4 heteroatoms. The lowest BCUT2D eigenvalue weighted by Crippen LogP contribution is -2.17. The van der Waals surface area contributed by atoms with Crippen molar-refractivity contribution in [2.45, 2.75) is 12.8 Å². The smallest absolute Gasteiger partial charge is 0.220 e. The number of nitrogens with zero attached hydrogens (tertiary/aromatic N) is 1. The van der Waals surface area contributed by atoms with Gasteiger partial charge in [0.2, 0.25) is 5.91 Å². The van der Waals surface area contributed by atoms with Gasteiger partial charge in [0.25, 0.3) is 0 Å². The number of hydrogen-bond donors (Lipinski definition) is 2. The number of amides is 1. The summed E-state index contributed by atoms with van der Waals surface area (Å²) in [7, 11) is 1.66. The molecule has 0 fully saturated rings. The van der Waals surface area contributed by atoms with Crippen LogP contribution < -0.4 is 5.32 Å². The van der Waals surface area contributed by atoms with Crippen molar-refractivity contribution in [3.63, 3.8) is 0 Å². The number of rotatable bonds is 3. The molecule has 4 nitrogen and oxygen atoms in total. The van der Waals surface area contributed by atoms with Crippen molar-refractivity contribution in [2.75, 3.05) is 7.05 Å². The predicted octanol–water partition coefficient (Wildman–Crippen LogP) is 2.39. The Kier molecular flexibility index (Phi) is 2.91.